The lowest BCUT2D eigenvalue weighted by molar-refractivity contribution is 0.0973. The zero-order chi connectivity index (χ0) is 12.9. The average molecular weight is 241 g/mol. The number of Topliss-reactive ketones (excluding diaryl/α,β-unsaturated/α-hetero) is 2. The van der Waals surface area contributed by atoms with Gasteiger partial charge in [0.15, 0.2) is 11.6 Å². The van der Waals surface area contributed by atoms with Crippen LogP contribution in [0, 0.1) is 0 Å². The molecule has 92 valence electrons. The maximum Gasteiger partial charge on any atom is 0.165 e. The summed E-state index contributed by atoms with van der Waals surface area (Å²) in [5.74, 6) is 0.197. The first kappa shape index (κ1) is 11.2. The second-order valence-corrected chi connectivity index (χ2v) is 4.91. The van der Waals surface area contributed by atoms with Gasteiger partial charge in [0.1, 0.15) is 0 Å². The van der Waals surface area contributed by atoms with E-state index in [-0.39, 0.29) is 11.6 Å². The molecular weight excluding hydrogens is 226 g/mol. The van der Waals surface area contributed by atoms with E-state index in [1.165, 1.54) is 0 Å². The molecule has 1 aliphatic carbocycles. The van der Waals surface area contributed by atoms with Gasteiger partial charge in [-0.2, -0.15) is 0 Å². The molecule has 1 heterocycles. The summed E-state index contributed by atoms with van der Waals surface area (Å²) >= 11 is 0. The lowest BCUT2D eigenvalue weighted by Crippen LogP contribution is -2.12. The van der Waals surface area contributed by atoms with E-state index in [0.717, 1.165) is 35.0 Å². The topological polar surface area (TPSA) is 39.1 Å². The Kier molecular flexibility index (Phi) is 2.37. The molecule has 3 rings (SSSR count). The van der Waals surface area contributed by atoms with Gasteiger partial charge in [-0.3, -0.25) is 9.59 Å². The Hall–Kier alpha value is -1.90. The molecule has 0 saturated carbocycles. The van der Waals surface area contributed by atoms with Crippen LogP contribution in [0.25, 0.3) is 10.9 Å². The molecule has 0 atom stereocenters. The molecule has 0 bridgehead atoms. The molecule has 0 spiro atoms. The van der Waals surface area contributed by atoms with Crippen LogP contribution < -0.4 is 0 Å². The molecule has 0 unspecified atom stereocenters. The highest BCUT2D eigenvalue weighted by atomic mass is 16.1. The second kappa shape index (κ2) is 3.80. The van der Waals surface area contributed by atoms with Gasteiger partial charge in [-0.05, 0) is 25.8 Å². The summed E-state index contributed by atoms with van der Waals surface area (Å²) in [6.07, 6.45) is 2.42. The lowest BCUT2D eigenvalue weighted by Gasteiger charge is -2.12. The van der Waals surface area contributed by atoms with Crippen molar-refractivity contribution in [1.29, 1.82) is 0 Å². The number of fused-ring (bicyclic) bond motifs is 3. The Labute approximate surface area is 105 Å². The molecule has 0 amide bonds. The molecule has 2 aromatic rings. The third-order valence-corrected chi connectivity index (χ3v) is 3.82. The normalized spacial score (nSPS) is 14.9. The third-order valence-electron chi connectivity index (χ3n) is 3.82. The Morgan fingerprint density at radius 1 is 1.28 bits per heavy atom. The van der Waals surface area contributed by atoms with E-state index in [4.69, 9.17) is 0 Å². The van der Waals surface area contributed by atoms with Crippen LogP contribution in [0.4, 0.5) is 0 Å². The van der Waals surface area contributed by atoms with Gasteiger partial charge >= 0.3 is 0 Å². The molecule has 0 aliphatic heterocycles. The summed E-state index contributed by atoms with van der Waals surface area (Å²) in [6.45, 7) is 1.56. The highest BCUT2D eigenvalue weighted by Gasteiger charge is 2.26. The van der Waals surface area contributed by atoms with Crippen molar-refractivity contribution in [3.05, 3.63) is 35.0 Å². The molecule has 1 aliphatic rings. The second-order valence-electron chi connectivity index (χ2n) is 4.91. The highest BCUT2D eigenvalue weighted by Crippen LogP contribution is 2.33. The molecule has 0 saturated heterocycles. The number of carbonyl (C=O) groups excluding carboxylic acids is 2. The Balaban J connectivity index is 2.49. The van der Waals surface area contributed by atoms with Gasteiger partial charge in [0.2, 0.25) is 0 Å². The van der Waals surface area contributed by atoms with Gasteiger partial charge in [-0.1, -0.05) is 12.1 Å². The standard InChI is InChI=1S/C15H15NO2/c1-9(17)10-5-3-6-11-14(10)15-12(16(11)2)7-4-8-13(15)18/h3,5-6H,4,7-8H2,1-2H3. The fraction of sp³-hybridized carbons (Fsp3) is 0.333. The van der Waals surface area contributed by atoms with Crippen molar-refractivity contribution in [2.45, 2.75) is 26.2 Å². The third kappa shape index (κ3) is 1.37. The van der Waals surface area contributed by atoms with Gasteiger partial charge in [0.05, 0.1) is 0 Å². The average Bonchev–Trinajstić information content (AvgIpc) is 2.65. The van der Waals surface area contributed by atoms with Gasteiger partial charge in [-0.25, -0.2) is 0 Å². The number of carbonyl (C=O) groups is 2. The van der Waals surface area contributed by atoms with E-state index in [0.29, 0.717) is 12.0 Å². The SMILES string of the molecule is CC(=O)c1cccc2c1c1c(n2C)CCCC1=O. The van der Waals surface area contributed by atoms with Crippen LogP contribution in [0.1, 0.15) is 46.2 Å². The van der Waals surface area contributed by atoms with Crippen molar-refractivity contribution in [3.63, 3.8) is 0 Å². The van der Waals surface area contributed by atoms with E-state index in [1.54, 1.807) is 6.92 Å². The Morgan fingerprint density at radius 3 is 2.78 bits per heavy atom. The monoisotopic (exact) mass is 241 g/mol. The fourth-order valence-electron chi connectivity index (χ4n) is 2.97. The predicted molar refractivity (Wildman–Crippen MR) is 70.2 cm³/mol. The number of rotatable bonds is 1. The molecular formula is C15H15NO2. The number of ketones is 2. The maximum atomic E-state index is 12.2. The van der Waals surface area contributed by atoms with Gasteiger partial charge < -0.3 is 4.57 Å². The number of hydrogen-bond donors (Lipinski definition) is 0. The van der Waals surface area contributed by atoms with Crippen molar-refractivity contribution in [1.82, 2.24) is 4.57 Å². The largest absolute Gasteiger partial charge is 0.347 e. The molecule has 0 N–H and O–H groups in total. The molecule has 1 aromatic carbocycles. The number of benzene rings is 1. The minimum Gasteiger partial charge on any atom is -0.347 e. The molecule has 18 heavy (non-hydrogen) atoms. The number of nitrogens with zero attached hydrogens (tertiary/aromatic N) is 1. The van der Waals surface area contributed by atoms with Crippen LogP contribution >= 0.6 is 0 Å². The zero-order valence-corrected chi connectivity index (χ0v) is 10.6. The summed E-state index contributed by atoms with van der Waals surface area (Å²) in [5, 5.41) is 0.854. The van der Waals surface area contributed by atoms with Gasteiger partial charge in [-0.15, -0.1) is 0 Å². The van der Waals surface area contributed by atoms with Crippen LogP contribution in [-0.4, -0.2) is 16.1 Å². The van der Waals surface area contributed by atoms with Crippen LogP contribution in [0.15, 0.2) is 18.2 Å². The highest BCUT2D eigenvalue weighted by molar-refractivity contribution is 6.17. The Morgan fingerprint density at radius 2 is 2.06 bits per heavy atom. The smallest absolute Gasteiger partial charge is 0.165 e. The van der Waals surface area contributed by atoms with Crippen molar-refractivity contribution in [2.24, 2.45) is 7.05 Å². The Bertz CT molecular complexity index is 679. The maximum absolute atomic E-state index is 12.2. The minimum atomic E-state index is 0.0207. The van der Waals surface area contributed by atoms with Gasteiger partial charge in [0, 0.05) is 41.2 Å². The van der Waals surface area contributed by atoms with E-state index in [9.17, 15) is 9.59 Å². The van der Waals surface area contributed by atoms with Crippen molar-refractivity contribution in [2.75, 3.05) is 0 Å². The van der Waals surface area contributed by atoms with Crippen LogP contribution in [0.2, 0.25) is 0 Å². The molecule has 0 fully saturated rings. The summed E-state index contributed by atoms with van der Waals surface area (Å²) in [5.41, 5.74) is 3.52. The quantitative estimate of drug-likeness (QED) is 0.720. The predicted octanol–water partition coefficient (Wildman–Crippen LogP) is 2.90. The number of aromatic nitrogens is 1. The van der Waals surface area contributed by atoms with Crippen LogP contribution in [-0.2, 0) is 13.5 Å². The fourth-order valence-corrected chi connectivity index (χ4v) is 2.97. The first-order chi connectivity index (χ1) is 8.61. The number of aryl methyl sites for hydroxylation is 1. The molecule has 3 nitrogen and oxygen atoms in total. The summed E-state index contributed by atoms with van der Waals surface area (Å²) < 4.78 is 2.06. The first-order valence-corrected chi connectivity index (χ1v) is 6.25. The first-order valence-electron chi connectivity index (χ1n) is 6.25. The van der Waals surface area contributed by atoms with Crippen molar-refractivity contribution >= 4 is 22.5 Å². The van der Waals surface area contributed by atoms with E-state index in [2.05, 4.69) is 4.57 Å². The summed E-state index contributed by atoms with van der Waals surface area (Å²) in [6, 6.07) is 5.68. The molecule has 0 radical (unpaired) electrons. The summed E-state index contributed by atoms with van der Waals surface area (Å²) in [7, 11) is 1.98. The van der Waals surface area contributed by atoms with Crippen LogP contribution in [0.3, 0.4) is 0 Å². The zero-order valence-electron chi connectivity index (χ0n) is 10.6. The van der Waals surface area contributed by atoms with Crippen molar-refractivity contribution < 1.29 is 9.59 Å². The van der Waals surface area contributed by atoms with Crippen LogP contribution in [0.5, 0.6) is 0 Å². The summed E-state index contributed by atoms with van der Waals surface area (Å²) in [4.78, 5) is 23.9. The van der Waals surface area contributed by atoms with E-state index in [1.807, 2.05) is 25.2 Å². The van der Waals surface area contributed by atoms with E-state index < -0.39 is 0 Å². The molecule has 3 heteroatoms. The molecule has 1 aromatic heterocycles. The van der Waals surface area contributed by atoms with Crippen molar-refractivity contribution in [3.8, 4) is 0 Å². The minimum absolute atomic E-state index is 0.0207. The van der Waals surface area contributed by atoms with Gasteiger partial charge in [0.25, 0.3) is 0 Å². The lowest BCUT2D eigenvalue weighted by atomic mass is 9.92. The van der Waals surface area contributed by atoms with E-state index >= 15 is 0 Å². The number of hydrogen-bond acceptors (Lipinski definition) is 2.